The summed E-state index contributed by atoms with van der Waals surface area (Å²) in [6, 6.07) is 0.602. The Balaban J connectivity index is 1.88. The van der Waals surface area contributed by atoms with Crippen molar-refractivity contribution in [3.05, 3.63) is 0 Å². The number of aliphatic hydroxyl groups is 1. The first-order chi connectivity index (χ1) is 10.7. The van der Waals surface area contributed by atoms with Gasteiger partial charge in [0.25, 0.3) is 0 Å². The smallest absolute Gasteiger partial charge is 0.191 e. The van der Waals surface area contributed by atoms with Crippen molar-refractivity contribution in [1.29, 1.82) is 0 Å². The second-order valence-corrected chi connectivity index (χ2v) is 6.63. The first-order valence-electron chi connectivity index (χ1n) is 8.60. The van der Waals surface area contributed by atoms with Crippen LogP contribution in [0.2, 0.25) is 0 Å². The quantitative estimate of drug-likeness (QED) is 0.470. The fourth-order valence-corrected chi connectivity index (χ4v) is 3.33. The third-order valence-corrected chi connectivity index (χ3v) is 4.92. The molecule has 2 fully saturated rings. The first kappa shape index (κ1) is 17.5. The van der Waals surface area contributed by atoms with Crippen LogP contribution in [0.4, 0.5) is 0 Å². The van der Waals surface area contributed by atoms with Gasteiger partial charge in [-0.15, -0.1) is 0 Å². The summed E-state index contributed by atoms with van der Waals surface area (Å²) in [5.41, 5.74) is 0.0151. The Bertz CT molecular complexity index is 356. The molecule has 0 amide bonds. The molecule has 22 heavy (non-hydrogen) atoms. The van der Waals surface area contributed by atoms with Gasteiger partial charge in [-0.05, 0) is 46.2 Å². The van der Waals surface area contributed by atoms with Crippen LogP contribution in [0.1, 0.15) is 32.6 Å². The molecule has 2 aliphatic rings. The van der Waals surface area contributed by atoms with E-state index in [4.69, 9.17) is 9.73 Å². The third kappa shape index (κ3) is 4.83. The summed E-state index contributed by atoms with van der Waals surface area (Å²) < 4.78 is 5.53. The van der Waals surface area contributed by atoms with E-state index in [9.17, 15) is 5.11 Å². The highest BCUT2D eigenvalue weighted by Crippen LogP contribution is 2.32. The number of hydrogen-bond donors (Lipinski definition) is 3. The van der Waals surface area contributed by atoms with E-state index in [0.29, 0.717) is 19.2 Å². The number of aliphatic hydroxyl groups excluding tert-OH is 1. The second kappa shape index (κ2) is 8.70. The lowest BCUT2D eigenvalue weighted by Crippen LogP contribution is -2.44. The minimum absolute atomic E-state index is 0.0151. The van der Waals surface area contributed by atoms with Crippen molar-refractivity contribution in [2.45, 2.75) is 38.6 Å². The van der Waals surface area contributed by atoms with Gasteiger partial charge in [0, 0.05) is 37.8 Å². The normalized spacial score (nSPS) is 30.0. The summed E-state index contributed by atoms with van der Waals surface area (Å²) in [5.74, 6) is 0.881. The summed E-state index contributed by atoms with van der Waals surface area (Å²) in [6.07, 6.45) is 4.29. The summed E-state index contributed by atoms with van der Waals surface area (Å²) >= 11 is 0. The third-order valence-electron chi connectivity index (χ3n) is 4.92. The van der Waals surface area contributed by atoms with Gasteiger partial charge >= 0.3 is 0 Å². The van der Waals surface area contributed by atoms with Crippen LogP contribution >= 0.6 is 0 Å². The zero-order chi connectivity index (χ0) is 15.8. The molecule has 2 unspecified atom stereocenters. The molecule has 0 aliphatic carbocycles. The Morgan fingerprint density at radius 2 is 2.32 bits per heavy atom. The van der Waals surface area contributed by atoms with Crippen molar-refractivity contribution in [1.82, 2.24) is 15.5 Å². The maximum atomic E-state index is 9.30. The highest BCUT2D eigenvalue weighted by molar-refractivity contribution is 5.79. The zero-order valence-electron chi connectivity index (χ0n) is 14.1. The number of nitrogens with one attached hydrogen (secondary N) is 2. The van der Waals surface area contributed by atoms with E-state index < -0.39 is 0 Å². The molecule has 2 saturated heterocycles. The second-order valence-electron chi connectivity index (χ2n) is 6.63. The summed E-state index contributed by atoms with van der Waals surface area (Å²) in [7, 11) is 2.19. The molecule has 0 aromatic rings. The predicted molar refractivity (Wildman–Crippen MR) is 89.2 cm³/mol. The van der Waals surface area contributed by atoms with Gasteiger partial charge in [0.1, 0.15) is 0 Å². The molecule has 6 nitrogen and oxygen atoms in total. The van der Waals surface area contributed by atoms with Gasteiger partial charge in [-0.1, -0.05) is 0 Å². The van der Waals surface area contributed by atoms with Crippen LogP contribution < -0.4 is 10.6 Å². The van der Waals surface area contributed by atoms with Gasteiger partial charge in [-0.25, -0.2) is 0 Å². The Morgan fingerprint density at radius 1 is 1.45 bits per heavy atom. The average Bonchev–Trinajstić information content (AvgIpc) is 3.12. The van der Waals surface area contributed by atoms with E-state index in [1.165, 1.54) is 19.4 Å². The van der Waals surface area contributed by atoms with Crippen LogP contribution in [-0.4, -0.2) is 75.1 Å². The SMILES string of the molecule is CCNC(=NCC1(CCO)CCOC1)NCC1CCCN1C. The maximum absolute atomic E-state index is 9.30. The summed E-state index contributed by atoms with van der Waals surface area (Å²) in [4.78, 5) is 7.17. The molecule has 6 heteroatoms. The van der Waals surface area contributed by atoms with E-state index in [2.05, 4.69) is 29.5 Å². The van der Waals surface area contributed by atoms with E-state index in [1.54, 1.807) is 0 Å². The molecule has 0 spiro atoms. The Hall–Kier alpha value is -0.850. The van der Waals surface area contributed by atoms with Crippen molar-refractivity contribution in [3.8, 4) is 0 Å². The molecule has 0 radical (unpaired) electrons. The molecular formula is C16H32N4O2. The fourth-order valence-electron chi connectivity index (χ4n) is 3.33. The number of ether oxygens (including phenoxy) is 1. The molecule has 0 saturated carbocycles. The van der Waals surface area contributed by atoms with Crippen molar-refractivity contribution in [2.24, 2.45) is 10.4 Å². The van der Waals surface area contributed by atoms with E-state index in [-0.39, 0.29) is 12.0 Å². The lowest BCUT2D eigenvalue weighted by atomic mass is 9.84. The number of rotatable bonds is 7. The number of aliphatic imine (C=N–C) groups is 1. The molecule has 2 aliphatic heterocycles. The fraction of sp³-hybridized carbons (Fsp3) is 0.938. The Morgan fingerprint density at radius 3 is 2.91 bits per heavy atom. The topological polar surface area (TPSA) is 69.1 Å². The van der Waals surface area contributed by atoms with Crippen LogP contribution in [0.15, 0.2) is 4.99 Å². The van der Waals surface area contributed by atoms with Gasteiger partial charge < -0.3 is 25.4 Å². The number of guanidine groups is 1. The molecular weight excluding hydrogens is 280 g/mol. The highest BCUT2D eigenvalue weighted by Gasteiger charge is 2.34. The van der Waals surface area contributed by atoms with Crippen LogP contribution in [-0.2, 0) is 4.74 Å². The first-order valence-corrected chi connectivity index (χ1v) is 8.60. The van der Waals surface area contributed by atoms with Crippen molar-refractivity contribution in [2.75, 3.05) is 53.0 Å². The molecule has 0 aromatic heterocycles. The van der Waals surface area contributed by atoms with Crippen LogP contribution in [0.25, 0.3) is 0 Å². The molecule has 2 rings (SSSR count). The minimum Gasteiger partial charge on any atom is -0.396 e. The molecule has 2 atom stereocenters. The van der Waals surface area contributed by atoms with Gasteiger partial charge in [-0.3, -0.25) is 4.99 Å². The van der Waals surface area contributed by atoms with Crippen LogP contribution in [0.3, 0.4) is 0 Å². The van der Waals surface area contributed by atoms with Gasteiger partial charge in [0.15, 0.2) is 5.96 Å². The standard InChI is InChI=1S/C16H32N4O2/c1-3-17-15(18-11-14-5-4-8-20(14)2)19-12-16(6-9-21)7-10-22-13-16/h14,21H,3-13H2,1-2H3,(H2,17,18,19). The molecule has 3 N–H and O–H groups in total. The van der Waals surface area contributed by atoms with Gasteiger partial charge in [0.2, 0.25) is 0 Å². The van der Waals surface area contributed by atoms with Gasteiger partial charge in [0.05, 0.1) is 13.2 Å². The molecule has 0 bridgehead atoms. The van der Waals surface area contributed by atoms with Crippen molar-refractivity contribution in [3.63, 3.8) is 0 Å². The maximum Gasteiger partial charge on any atom is 0.191 e. The number of likely N-dealkylation sites (tertiary alicyclic amines) is 1. The summed E-state index contributed by atoms with van der Waals surface area (Å²) in [5, 5.41) is 16.1. The Labute approximate surface area is 134 Å². The highest BCUT2D eigenvalue weighted by atomic mass is 16.5. The Kier molecular flexibility index (Phi) is 6.92. The molecule has 2 heterocycles. The predicted octanol–water partition coefficient (Wildman–Crippen LogP) is 0.425. The lowest BCUT2D eigenvalue weighted by molar-refractivity contribution is 0.131. The van der Waals surface area contributed by atoms with E-state index >= 15 is 0 Å². The monoisotopic (exact) mass is 312 g/mol. The average molecular weight is 312 g/mol. The number of nitrogens with zero attached hydrogens (tertiary/aromatic N) is 2. The number of hydrogen-bond acceptors (Lipinski definition) is 4. The van der Waals surface area contributed by atoms with Crippen molar-refractivity contribution < 1.29 is 9.84 Å². The van der Waals surface area contributed by atoms with Crippen LogP contribution in [0, 0.1) is 5.41 Å². The number of likely N-dealkylation sites (N-methyl/N-ethyl adjacent to an activating group) is 1. The summed E-state index contributed by atoms with van der Waals surface area (Å²) in [6.45, 7) is 7.48. The van der Waals surface area contributed by atoms with E-state index in [0.717, 1.165) is 38.5 Å². The van der Waals surface area contributed by atoms with Gasteiger partial charge in [-0.2, -0.15) is 0 Å². The minimum atomic E-state index is 0.0151. The zero-order valence-corrected chi connectivity index (χ0v) is 14.1. The molecule has 0 aromatic carbocycles. The van der Waals surface area contributed by atoms with Crippen molar-refractivity contribution >= 4 is 5.96 Å². The lowest BCUT2D eigenvalue weighted by Gasteiger charge is -2.25. The molecule has 128 valence electrons. The van der Waals surface area contributed by atoms with Crippen LogP contribution in [0.5, 0.6) is 0 Å². The van der Waals surface area contributed by atoms with E-state index in [1.807, 2.05) is 0 Å². The largest absolute Gasteiger partial charge is 0.396 e.